The predicted octanol–water partition coefficient (Wildman–Crippen LogP) is 1.86. The molecule has 0 radical (unpaired) electrons. The van der Waals surface area contributed by atoms with E-state index in [1.165, 1.54) is 0 Å². The van der Waals surface area contributed by atoms with Crippen molar-refractivity contribution >= 4 is 0 Å². The Kier molecular flexibility index (Phi) is 7.08. The number of ether oxygens (including phenoxy) is 1. The van der Waals surface area contributed by atoms with Crippen molar-refractivity contribution in [2.75, 3.05) is 6.61 Å². The van der Waals surface area contributed by atoms with Crippen molar-refractivity contribution in [3.8, 4) is 0 Å². The van der Waals surface area contributed by atoms with Gasteiger partial charge in [-0.05, 0) is 27.2 Å². The molecule has 1 aromatic rings. The summed E-state index contributed by atoms with van der Waals surface area (Å²) >= 11 is 0. The minimum absolute atomic E-state index is 0. The summed E-state index contributed by atoms with van der Waals surface area (Å²) in [5.74, 6) is 0. The number of nitrogens with zero attached hydrogens (tertiary/aromatic N) is 3. The fraction of sp³-hybridized carbons (Fsp3) is 0.727. The van der Waals surface area contributed by atoms with Crippen LogP contribution in [0.25, 0.3) is 0 Å². The summed E-state index contributed by atoms with van der Waals surface area (Å²) in [7, 11) is 0. The van der Waals surface area contributed by atoms with Gasteiger partial charge in [0.1, 0.15) is 0 Å². The van der Waals surface area contributed by atoms with Crippen LogP contribution in [0.5, 0.6) is 0 Å². The van der Waals surface area contributed by atoms with Crippen LogP contribution >= 0.6 is 0 Å². The number of aryl methyl sites for hydroxylation is 1. The molecule has 0 aromatic carbocycles. The van der Waals surface area contributed by atoms with Gasteiger partial charge in [0, 0.05) is 27.3 Å². The minimum Gasteiger partial charge on any atom is -0.374 e. The average Bonchev–Trinajstić information content (AvgIpc) is 2.51. The van der Waals surface area contributed by atoms with E-state index in [0.717, 1.165) is 25.1 Å². The molecule has 0 atom stereocenters. The summed E-state index contributed by atoms with van der Waals surface area (Å²) in [6.45, 7) is 11.3. The van der Waals surface area contributed by atoms with Crippen molar-refractivity contribution in [2.24, 2.45) is 0 Å². The smallest absolute Gasteiger partial charge is 0.0801 e. The third-order valence-corrected chi connectivity index (χ3v) is 1.87. The Morgan fingerprint density at radius 1 is 1.44 bits per heavy atom. The molecule has 1 rings (SSSR count). The predicted molar refractivity (Wildman–Crippen MR) is 59.4 cm³/mol. The molecule has 1 heterocycles. The first-order valence-electron chi connectivity index (χ1n) is 5.33. The summed E-state index contributed by atoms with van der Waals surface area (Å²) < 4.78 is 7.42. The average molecular weight is 394 g/mol. The Hall–Kier alpha value is -0.212. The van der Waals surface area contributed by atoms with Crippen LogP contribution in [0.3, 0.4) is 0 Å². The van der Waals surface area contributed by atoms with Crippen LogP contribution in [0.1, 0.15) is 32.9 Å². The van der Waals surface area contributed by atoms with Crippen molar-refractivity contribution in [1.29, 1.82) is 0 Å². The van der Waals surface area contributed by atoms with E-state index in [1.54, 1.807) is 0 Å². The van der Waals surface area contributed by atoms with Gasteiger partial charge >= 0.3 is 0 Å². The molecule has 0 aliphatic heterocycles. The van der Waals surface area contributed by atoms with Crippen LogP contribution in [0.15, 0.2) is 6.20 Å². The first-order chi connectivity index (χ1) is 7.01. The largest absolute Gasteiger partial charge is 0.374 e. The number of rotatable bonds is 5. The summed E-state index contributed by atoms with van der Waals surface area (Å²) in [6, 6.07) is 0. The molecule has 4 nitrogen and oxygen atoms in total. The van der Waals surface area contributed by atoms with Crippen molar-refractivity contribution < 1.29 is 25.8 Å². The molecule has 16 heavy (non-hydrogen) atoms. The first-order valence-corrected chi connectivity index (χ1v) is 5.33. The van der Waals surface area contributed by atoms with E-state index < -0.39 is 0 Å². The van der Waals surface area contributed by atoms with Gasteiger partial charge in [-0.1, -0.05) is 5.21 Å². The van der Waals surface area contributed by atoms with E-state index in [1.807, 2.05) is 31.6 Å². The second-order valence-electron chi connectivity index (χ2n) is 4.54. The molecule has 0 bridgehead atoms. The maximum absolute atomic E-state index is 5.60. The number of hydrogen-bond donors (Lipinski definition) is 0. The fourth-order valence-electron chi connectivity index (χ4n) is 1.19. The van der Waals surface area contributed by atoms with Gasteiger partial charge in [-0.3, -0.25) is 0 Å². The van der Waals surface area contributed by atoms with E-state index in [9.17, 15) is 0 Å². The monoisotopic (exact) mass is 394 g/mol. The summed E-state index contributed by atoms with van der Waals surface area (Å²) in [5, 5.41) is 8.05. The van der Waals surface area contributed by atoms with Crippen LogP contribution in [0.2, 0.25) is 0 Å². The molecule has 5 heteroatoms. The first kappa shape index (κ1) is 15.8. The van der Waals surface area contributed by atoms with Gasteiger partial charge < -0.3 is 11.7 Å². The van der Waals surface area contributed by atoms with Crippen LogP contribution in [0.4, 0.5) is 0 Å². The Bertz CT molecular complexity index is 294. The van der Waals surface area contributed by atoms with E-state index >= 15 is 0 Å². The summed E-state index contributed by atoms with van der Waals surface area (Å²) in [6.07, 6.45) is 3.70. The van der Waals surface area contributed by atoms with Crippen molar-refractivity contribution in [2.45, 2.75) is 45.8 Å². The molecule has 0 aliphatic carbocycles. The van der Waals surface area contributed by atoms with Gasteiger partial charge in [-0.2, -0.15) is 6.42 Å². The molecule has 1 aromatic heterocycles. The molecular weight excluding hydrogens is 374 g/mol. The third-order valence-electron chi connectivity index (χ3n) is 1.87. The zero-order valence-corrected chi connectivity index (χ0v) is 13.2. The molecular formula is C11H20N3OW-. The molecule has 0 N–H and O–H groups in total. The van der Waals surface area contributed by atoms with Gasteiger partial charge in [0.15, 0.2) is 0 Å². The van der Waals surface area contributed by atoms with Gasteiger partial charge in [0.2, 0.25) is 0 Å². The van der Waals surface area contributed by atoms with Crippen LogP contribution in [-0.2, 0) is 38.8 Å². The normalized spacial score (nSPS) is 11.2. The van der Waals surface area contributed by atoms with Gasteiger partial charge in [-0.25, -0.2) is 4.68 Å². The second-order valence-corrected chi connectivity index (χ2v) is 4.54. The topological polar surface area (TPSA) is 39.9 Å². The van der Waals surface area contributed by atoms with E-state index in [-0.39, 0.29) is 26.7 Å². The van der Waals surface area contributed by atoms with Gasteiger partial charge in [-0.15, -0.1) is 5.10 Å². The zero-order valence-electron chi connectivity index (χ0n) is 10.3. The standard InChI is InChI=1S/C11H20N3O.W/c1-5-6-10-9-14(13-12-10)7-8-15-11(2,3)4;/h9H,1,5-8H2,2-4H3;/q-1;. The Balaban J connectivity index is 0.00000225. The maximum Gasteiger partial charge on any atom is 0.0801 e. The van der Waals surface area contributed by atoms with Gasteiger partial charge in [0.25, 0.3) is 0 Å². The van der Waals surface area contributed by atoms with Crippen molar-refractivity contribution in [1.82, 2.24) is 15.0 Å². The molecule has 0 aliphatic rings. The van der Waals surface area contributed by atoms with Crippen LogP contribution in [0, 0.1) is 6.92 Å². The third kappa shape index (κ3) is 6.39. The molecule has 0 saturated carbocycles. The van der Waals surface area contributed by atoms with Crippen LogP contribution in [-0.4, -0.2) is 27.2 Å². The van der Waals surface area contributed by atoms with E-state index in [4.69, 9.17) is 4.74 Å². The quantitative estimate of drug-likeness (QED) is 0.716. The summed E-state index contributed by atoms with van der Waals surface area (Å²) in [4.78, 5) is 0. The molecule has 0 saturated heterocycles. The Labute approximate surface area is 112 Å². The Morgan fingerprint density at radius 3 is 2.69 bits per heavy atom. The van der Waals surface area contributed by atoms with Gasteiger partial charge in [0.05, 0.1) is 24.4 Å². The minimum atomic E-state index is -0.0866. The fourth-order valence-corrected chi connectivity index (χ4v) is 1.19. The molecule has 0 unspecified atom stereocenters. The number of hydrogen-bond acceptors (Lipinski definition) is 3. The molecule has 0 spiro atoms. The summed E-state index contributed by atoms with van der Waals surface area (Å²) in [5.41, 5.74) is 0.914. The van der Waals surface area contributed by atoms with Crippen molar-refractivity contribution in [3.05, 3.63) is 18.8 Å². The number of aromatic nitrogens is 3. The second kappa shape index (κ2) is 7.18. The maximum atomic E-state index is 5.60. The molecule has 0 fully saturated rings. The van der Waals surface area contributed by atoms with Crippen LogP contribution < -0.4 is 0 Å². The van der Waals surface area contributed by atoms with E-state index in [2.05, 4.69) is 17.2 Å². The molecule has 0 amide bonds. The van der Waals surface area contributed by atoms with Crippen molar-refractivity contribution in [3.63, 3.8) is 0 Å². The Morgan fingerprint density at radius 2 is 2.12 bits per heavy atom. The SMILES string of the molecule is [CH2-]CCc1cn(CCOC(C)(C)C)nn1.[W]. The zero-order chi connectivity index (χ0) is 11.3. The molecule has 92 valence electrons. The van der Waals surface area contributed by atoms with E-state index in [0.29, 0.717) is 6.61 Å².